The second kappa shape index (κ2) is 11.0. The maximum absolute atomic E-state index is 11.8. The minimum Gasteiger partial charge on any atom is -0.492 e. The van der Waals surface area contributed by atoms with Gasteiger partial charge in [-0.1, -0.05) is 20.3 Å². The van der Waals surface area contributed by atoms with E-state index >= 15 is 0 Å². The maximum Gasteiger partial charge on any atom is 0.320 e. The highest BCUT2D eigenvalue weighted by Gasteiger charge is 2.19. The summed E-state index contributed by atoms with van der Waals surface area (Å²) in [6.45, 7) is 10.4. The number of nitrogen functional groups attached to an aromatic ring is 1. The molecule has 0 aliphatic carbocycles. The standard InChI is InChI=1S/C20H33N3O3/c1-3-5-13-26-20(24)16-23-10-8-22(9-11-23)12-14-25-19-7-6-18(21)15-17(19)4-2/h6-7,15H,3-5,8-14,16,21H2,1-2H3. The lowest BCUT2D eigenvalue weighted by molar-refractivity contribution is -0.145. The fraction of sp³-hybridized carbons (Fsp3) is 0.650. The number of rotatable bonds is 10. The number of benzene rings is 1. The van der Waals surface area contributed by atoms with E-state index in [1.165, 1.54) is 0 Å². The minimum absolute atomic E-state index is 0.106. The van der Waals surface area contributed by atoms with Crippen LogP contribution in [0, 0.1) is 0 Å². The number of esters is 1. The molecule has 0 atom stereocenters. The summed E-state index contributed by atoms with van der Waals surface area (Å²) >= 11 is 0. The second-order valence-electron chi connectivity index (χ2n) is 6.76. The van der Waals surface area contributed by atoms with E-state index in [0.29, 0.717) is 19.8 Å². The van der Waals surface area contributed by atoms with Crippen molar-refractivity contribution in [2.45, 2.75) is 33.1 Å². The predicted molar refractivity (Wildman–Crippen MR) is 104 cm³/mol. The molecule has 1 aromatic carbocycles. The molecule has 0 bridgehead atoms. The molecule has 6 heteroatoms. The molecule has 1 aliphatic heterocycles. The highest BCUT2D eigenvalue weighted by molar-refractivity contribution is 5.71. The maximum atomic E-state index is 11.8. The average Bonchev–Trinajstić information content (AvgIpc) is 2.64. The molecule has 2 N–H and O–H groups in total. The summed E-state index contributed by atoms with van der Waals surface area (Å²) in [5.41, 5.74) is 7.75. The molecule has 1 heterocycles. The lowest BCUT2D eigenvalue weighted by Gasteiger charge is -2.34. The van der Waals surface area contributed by atoms with Gasteiger partial charge in [0.05, 0.1) is 13.2 Å². The molecule has 0 saturated carbocycles. The van der Waals surface area contributed by atoms with Gasteiger partial charge >= 0.3 is 5.97 Å². The first-order valence-electron chi connectivity index (χ1n) is 9.74. The first-order valence-corrected chi connectivity index (χ1v) is 9.74. The molecule has 6 nitrogen and oxygen atoms in total. The van der Waals surface area contributed by atoms with Crippen LogP contribution >= 0.6 is 0 Å². The molecule has 1 aliphatic rings. The van der Waals surface area contributed by atoms with Crippen LogP contribution in [0.4, 0.5) is 5.69 Å². The number of aryl methyl sites for hydroxylation is 1. The topological polar surface area (TPSA) is 68.0 Å². The Balaban J connectivity index is 1.64. The van der Waals surface area contributed by atoms with Gasteiger partial charge < -0.3 is 15.2 Å². The zero-order valence-corrected chi connectivity index (χ0v) is 16.2. The predicted octanol–water partition coefficient (Wildman–Crippen LogP) is 2.17. The number of nitrogens with zero attached hydrogens (tertiary/aromatic N) is 2. The van der Waals surface area contributed by atoms with Crippen LogP contribution in [0.5, 0.6) is 5.75 Å². The molecular weight excluding hydrogens is 330 g/mol. The van der Waals surface area contributed by atoms with Gasteiger partial charge in [-0.25, -0.2) is 0 Å². The minimum atomic E-state index is -0.106. The van der Waals surface area contributed by atoms with Crippen molar-refractivity contribution in [3.8, 4) is 5.75 Å². The van der Waals surface area contributed by atoms with Gasteiger partial charge in [-0.05, 0) is 36.6 Å². The summed E-state index contributed by atoms with van der Waals surface area (Å²) in [7, 11) is 0. The zero-order chi connectivity index (χ0) is 18.8. The Labute approximate surface area is 157 Å². The Bertz CT molecular complexity index is 557. The molecule has 26 heavy (non-hydrogen) atoms. The van der Waals surface area contributed by atoms with Gasteiger partial charge in [0.2, 0.25) is 0 Å². The lowest BCUT2D eigenvalue weighted by Crippen LogP contribution is -2.49. The Morgan fingerprint density at radius 2 is 1.85 bits per heavy atom. The third kappa shape index (κ3) is 6.84. The summed E-state index contributed by atoms with van der Waals surface area (Å²) < 4.78 is 11.2. The van der Waals surface area contributed by atoms with Crippen molar-refractivity contribution >= 4 is 11.7 Å². The van der Waals surface area contributed by atoms with Gasteiger partial charge in [-0.15, -0.1) is 0 Å². The molecular formula is C20H33N3O3. The molecule has 1 fully saturated rings. The van der Waals surface area contributed by atoms with Crippen molar-refractivity contribution in [2.24, 2.45) is 0 Å². The van der Waals surface area contributed by atoms with Crippen molar-refractivity contribution in [1.29, 1.82) is 0 Å². The Kier molecular flexibility index (Phi) is 8.71. The summed E-state index contributed by atoms with van der Waals surface area (Å²) in [6, 6.07) is 5.82. The highest BCUT2D eigenvalue weighted by atomic mass is 16.5. The largest absolute Gasteiger partial charge is 0.492 e. The Morgan fingerprint density at radius 1 is 1.12 bits per heavy atom. The van der Waals surface area contributed by atoms with E-state index in [-0.39, 0.29) is 5.97 Å². The van der Waals surface area contributed by atoms with E-state index < -0.39 is 0 Å². The fourth-order valence-corrected chi connectivity index (χ4v) is 3.03. The van der Waals surface area contributed by atoms with Gasteiger partial charge in [-0.2, -0.15) is 0 Å². The van der Waals surface area contributed by atoms with Gasteiger partial charge in [0.15, 0.2) is 0 Å². The number of unbranched alkanes of at least 4 members (excludes halogenated alkanes) is 1. The summed E-state index contributed by atoms with van der Waals surface area (Å²) in [5.74, 6) is 0.820. The van der Waals surface area contributed by atoms with E-state index in [1.807, 2.05) is 18.2 Å². The monoisotopic (exact) mass is 363 g/mol. The van der Waals surface area contributed by atoms with Crippen LogP contribution in [0.15, 0.2) is 18.2 Å². The molecule has 2 rings (SSSR count). The number of carbonyl (C=O) groups excluding carboxylic acids is 1. The molecule has 0 unspecified atom stereocenters. The van der Waals surface area contributed by atoms with Crippen molar-refractivity contribution in [1.82, 2.24) is 9.80 Å². The summed E-state index contributed by atoms with van der Waals surface area (Å²) in [4.78, 5) is 16.3. The molecule has 1 saturated heterocycles. The van der Waals surface area contributed by atoms with E-state index in [0.717, 1.165) is 69.0 Å². The van der Waals surface area contributed by atoms with Gasteiger partial charge in [-0.3, -0.25) is 14.6 Å². The molecule has 146 valence electrons. The highest BCUT2D eigenvalue weighted by Crippen LogP contribution is 2.21. The van der Waals surface area contributed by atoms with E-state index in [1.54, 1.807) is 0 Å². The van der Waals surface area contributed by atoms with Crippen LogP contribution in [-0.4, -0.2) is 68.3 Å². The molecule has 0 aromatic heterocycles. The van der Waals surface area contributed by atoms with Gasteiger partial charge in [0.1, 0.15) is 12.4 Å². The number of nitrogens with two attached hydrogens (primary N) is 1. The average molecular weight is 364 g/mol. The van der Waals surface area contributed by atoms with Crippen molar-refractivity contribution in [2.75, 3.05) is 58.2 Å². The van der Waals surface area contributed by atoms with Gasteiger partial charge in [0.25, 0.3) is 0 Å². The van der Waals surface area contributed by atoms with Crippen molar-refractivity contribution in [3.05, 3.63) is 23.8 Å². The first-order chi connectivity index (χ1) is 12.6. The third-order valence-electron chi connectivity index (χ3n) is 4.71. The molecule has 0 amide bonds. The van der Waals surface area contributed by atoms with E-state index in [4.69, 9.17) is 15.2 Å². The van der Waals surface area contributed by atoms with E-state index in [9.17, 15) is 4.79 Å². The van der Waals surface area contributed by atoms with Crippen LogP contribution in [0.2, 0.25) is 0 Å². The Hall–Kier alpha value is -1.79. The van der Waals surface area contributed by atoms with E-state index in [2.05, 4.69) is 23.6 Å². The zero-order valence-electron chi connectivity index (χ0n) is 16.2. The second-order valence-corrected chi connectivity index (χ2v) is 6.76. The quantitative estimate of drug-likeness (QED) is 0.390. The third-order valence-corrected chi connectivity index (χ3v) is 4.71. The smallest absolute Gasteiger partial charge is 0.320 e. The Morgan fingerprint density at radius 3 is 2.54 bits per heavy atom. The first kappa shape index (κ1) is 20.5. The number of carbonyl (C=O) groups is 1. The molecule has 0 spiro atoms. The summed E-state index contributed by atoms with van der Waals surface area (Å²) in [6.07, 6.45) is 2.89. The van der Waals surface area contributed by atoms with Crippen LogP contribution in [0.25, 0.3) is 0 Å². The number of anilines is 1. The number of hydrogen-bond donors (Lipinski definition) is 1. The number of hydrogen-bond acceptors (Lipinski definition) is 6. The number of piperazine rings is 1. The SMILES string of the molecule is CCCCOC(=O)CN1CCN(CCOc2ccc(N)cc2CC)CC1. The number of ether oxygens (including phenoxy) is 2. The van der Waals surface area contributed by atoms with Crippen LogP contribution in [0.1, 0.15) is 32.3 Å². The normalized spacial score (nSPS) is 15.8. The fourth-order valence-electron chi connectivity index (χ4n) is 3.03. The van der Waals surface area contributed by atoms with Crippen LogP contribution in [0.3, 0.4) is 0 Å². The van der Waals surface area contributed by atoms with Crippen LogP contribution in [-0.2, 0) is 16.0 Å². The van der Waals surface area contributed by atoms with Crippen molar-refractivity contribution < 1.29 is 14.3 Å². The van der Waals surface area contributed by atoms with Crippen molar-refractivity contribution in [3.63, 3.8) is 0 Å². The molecule has 1 aromatic rings. The van der Waals surface area contributed by atoms with Gasteiger partial charge in [0, 0.05) is 38.4 Å². The lowest BCUT2D eigenvalue weighted by atomic mass is 10.1. The molecule has 0 radical (unpaired) electrons. The van der Waals surface area contributed by atoms with Crippen LogP contribution < -0.4 is 10.5 Å². The summed E-state index contributed by atoms with van der Waals surface area (Å²) in [5, 5.41) is 0.